The zero-order valence-electron chi connectivity index (χ0n) is 11.3. The molecule has 4 heteroatoms. The Kier molecular flexibility index (Phi) is 4.71. The van der Waals surface area contributed by atoms with Gasteiger partial charge in [-0.05, 0) is 32.5 Å². The molecule has 0 amide bonds. The summed E-state index contributed by atoms with van der Waals surface area (Å²) >= 11 is 1.53. The summed E-state index contributed by atoms with van der Waals surface area (Å²) in [4.78, 5) is 5.53. The van der Waals surface area contributed by atoms with Crippen LogP contribution < -0.4 is 11.1 Å². The Bertz CT molecular complexity index is 555. The van der Waals surface area contributed by atoms with Gasteiger partial charge in [-0.15, -0.1) is 11.3 Å². The van der Waals surface area contributed by atoms with Crippen molar-refractivity contribution in [2.75, 3.05) is 19.3 Å². The molecule has 0 spiro atoms. The minimum atomic E-state index is 0.628. The summed E-state index contributed by atoms with van der Waals surface area (Å²) in [6.07, 6.45) is 5.36. The number of nitrogens with one attached hydrogen (secondary N) is 1. The van der Waals surface area contributed by atoms with Gasteiger partial charge in [0.1, 0.15) is 0 Å². The SMILES string of the molecule is CNCCC=Cc1ccc(-c2nc(N)sc2C)cc1. The summed E-state index contributed by atoms with van der Waals surface area (Å²) in [6, 6.07) is 8.42. The van der Waals surface area contributed by atoms with E-state index >= 15 is 0 Å². The Morgan fingerprint density at radius 3 is 2.63 bits per heavy atom. The minimum Gasteiger partial charge on any atom is -0.375 e. The number of hydrogen-bond acceptors (Lipinski definition) is 4. The zero-order chi connectivity index (χ0) is 13.7. The second-order valence-electron chi connectivity index (χ2n) is 4.37. The topological polar surface area (TPSA) is 50.9 Å². The number of nitrogen functional groups attached to an aromatic ring is 1. The van der Waals surface area contributed by atoms with Gasteiger partial charge in [-0.25, -0.2) is 4.98 Å². The number of rotatable bonds is 5. The Labute approximate surface area is 118 Å². The van der Waals surface area contributed by atoms with Crippen LogP contribution >= 0.6 is 11.3 Å². The fraction of sp³-hybridized carbons (Fsp3) is 0.267. The van der Waals surface area contributed by atoms with Gasteiger partial charge in [0.15, 0.2) is 5.13 Å². The van der Waals surface area contributed by atoms with Gasteiger partial charge in [0.05, 0.1) is 5.69 Å². The van der Waals surface area contributed by atoms with Crippen molar-refractivity contribution in [1.29, 1.82) is 0 Å². The van der Waals surface area contributed by atoms with Gasteiger partial charge in [-0.1, -0.05) is 36.4 Å². The molecule has 0 saturated heterocycles. The van der Waals surface area contributed by atoms with Gasteiger partial charge in [0, 0.05) is 10.4 Å². The third kappa shape index (κ3) is 3.66. The highest BCUT2D eigenvalue weighted by atomic mass is 32.1. The first kappa shape index (κ1) is 13.8. The molecule has 0 saturated carbocycles. The quantitative estimate of drug-likeness (QED) is 0.822. The van der Waals surface area contributed by atoms with Crippen molar-refractivity contribution in [3.8, 4) is 11.3 Å². The van der Waals surface area contributed by atoms with Crippen LogP contribution in [0.3, 0.4) is 0 Å². The van der Waals surface area contributed by atoms with E-state index in [1.165, 1.54) is 16.9 Å². The van der Waals surface area contributed by atoms with Crippen LogP contribution in [0.1, 0.15) is 16.9 Å². The first-order chi connectivity index (χ1) is 9.20. The third-order valence-corrected chi connectivity index (χ3v) is 3.67. The molecular formula is C15H19N3S. The number of nitrogens with two attached hydrogens (primary N) is 1. The van der Waals surface area contributed by atoms with Crippen molar-refractivity contribution >= 4 is 22.5 Å². The minimum absolute atomic E-state index is 0.628. The number of thiazole rings is 1. The molecule has 0 unspecified atom stereocenters. The molecule has 0 aliphatic heterocycles. The molecule has 0 aliphatic carbocycles. The van der Waals surface area contributed by atoms with E-state index in [4.69, 9.17) is 5.73 Å². The highest BCUT2D eigenvalue weighted by Gasteiger charge is 2.07. The number of nitrogens with zero attached hydrogens (tertiary/aromatic N) is 1. The van der Waals surface area contributed by atoms with E-state index in [0.29, 0.717) is 5.13 Å². The Morgan fingerprint density at radius 1 is 1.32 bits per heavy atom. The molecule has 0 fully saturated rings. The summed E-state index contributed by atoms with van der Waals surface area (Å²) in [5.41, 5.74) is 9.06. The van der Waals surface area contributed by atoms with Gasteiger partial charge in [0.2, 0.25) is 0 Å². The average molecular weight is 273 g/mol. The van der Waals surface area contributed by atoms with Crippen LogP contribution in [0.15, 0.2) is 30.3 Å². The molecule has 0 radical (unpaired) electrons. The molecule has 2 rings (SSSR count). The number of aryl methyl sites for hydroxylation is 1. The lowest BCUT2D eigenvalue weighted by atomic mass is 10.1. The first-order valence-electron chi connectivity index (χ1n) is 6.35. The third-order valence-electron chi connectivity index (χ3n) is 2.87. The van der Waals surface area contributed by atoms with Crippen molar-refractivity contribution in [2.45, 2.75) is 13.3 Å². The lowest BCUT2D eigenvalue weighted by Gasteiger charge is -2.00. The van der Waals surface area contributed by atoms with Crippen LogP contribution in [-0.4, -0.2) is 18.6 Å². The molecule has 1 heterocycles. The van der Waals surface area contributed by atoms with E-state index in [-0.39, 0.29) is 0 Å². The summed E-state index contributed by atoms with van der Waals surface area (Å²) in [5.74, 6) is 0. The lowest BCUT2D eigenvalue weighted by molar-refractivity contribution is 0.809. The van der Waals surface area contributed by atoms with Crippen molar-refractivity contribution in [1.82, 2.24) is 10.3 Å². The summed E-state index contributed by atoms with van der Waals surface area (Å²) in [6.45, 7) is 3.06. The van der Waals surface area contributed by atoms with Crippen LogP contribution in [-0.2, 0) is 0 Å². The normalized spacial score (nSPS) is 11.3. The predicted octanol–water partition coefficient (Wildman–Crippen LogP) is 3.32. The summed E-state index contributed by atoms with van der Waals surface area (Å²) in [5, 5.41) is 3.75. The molecule has 3 nitrogen and oxygen atoms in total. The standard InChI is InChI=1S/C15H19N3S/c1-11-14(18-15(16)19-11)13-8-6-12(7-9-13)5-3-4-10-17-2/h3,5-9,17H,4,10H2,1-2H3,(H2,16,18). The first-order valence-corrected chi connectivity index (χ1v) is 7.17. The fourth-order valence-electron chi connectivity index (χ4n) is 1.88. The highest BCUT2D eigenvalue weighted by Crippen LogP contribution is 2.28. The van der Waals surface area contributed by atoms with Crippen LogP contribution in [0.4, 0.5) is 5.13 Å². The molecule has 0 atom stereocenters. The summed E-state index contributed by atoms with van der Waals surface area (Å²) < 4.78 is 0. The second kappa shape index (κ2) is 6.50. The van der Waals surface area contributed by atoms with Gasteiger partial charge in [-0.2, -0.15) is 0 Å². The molecular weight excluding hydrogens is 254 g/mol. The van der Waals surface area contributed by atoms with Crippen molar-refractivity contribution in [3.63, 3.8) is 0 Å². The van der Waals surface area contributed by atoms with E-state index in [1.54, 1.807) is 0 Å². The van der Waals surface area contributed by atoms with Crippen molar-refractivity contribution in [3.05, 3.63) is 40.8 Å². The predicted molar refractivity (Wildman–Crippen MR) is 84.3 cm³/mol. The van der Waals surface area contributed by atoms with Gasteiger partial charge in [0.25, 0.3) is 0 Å². The van der Waals surface area contributed by atoms with E-state index in [9.17, 15) is 0 Å². The monoisotopic (exact) mass is 273 g/mol. The molecule has 0 aliphatic rings. The zero-order valence-corrected chi connectivity index (χ0v) is 12.1. The highest BCUT2D eigenvalue weighted by molar-refractivity contribution is 7.15. The van der Waals surface area contributed by atoms with E-state index < -0.39 is 0 Å². The van der Waals surface area contributed by atoms with Crippen LogP contribution in [0.2, 0.25) is 0 Å². The maximum Gasteiger partial charge on any atom is 0.180 e. The van der Waals surface area contributed by atoms with Gasteiger partial charge in [-0.3, -0.25) is 0 Å². The molecule has 19 heavy (non-hydrogen) atoms. The van der Waals surface area contributed by atoms with E-state index in [2.05, 4.69) is 53.6 Å². The van der Waals surface area contributed by atoms with Gasteiger partial charge < -0.3 is 11.1 Å². The van der Waals surface area contributed by atoms with Crippen LogP contribution in [0, 0.1) is 6.92 Å². The van der Waals surface area contributed by atoms with Crippen molar-refractivity contribution < 1.29 is 0 Å². The molecule has 100 valence electrons. The summed E-state index contributed by atoms with van der Waals surface area (Å²) in [7, 11) is 1.96. The largest absolute Gasteiger partial charge is 0.375 e. The van der Waals surface area contributed by atoms with E-state index in [0.717, 1.165) is 29.1 Å². The maximum absolute atomic E-state index is 5.73. The Morgan fingerprint density at radius 2 is 2.05 bits per heavy atom. The smallest absolute Gasteiger partial charge is 0.180 e. The van der Waals surface area contributed by atoms with Gasteiger partial charge >= 0.3 is 0 Å². The Hall–Kier alpha value is -1.65. The van der Waals surface area contributed by atoms with E-state index in [1.807, 2.05) is 7.05 Å². The number of hydrogen-bond donors (Lipinski definition) is 2. The number of aromatic nitrogens is 1. The average Bonchev–Trinajstić information content (AvgIpc) is 2.75. The van der Waals surface area contributed by atoms with Crippen molar-refractivity contribution in [2.24, 2.45) is 0 Å². The van der Waals surface area contributed by atoms with Crippen LogP contribution in [0.25, 0.3) is 17.3 Å². The molecule has 1 aromatic carbocycles. The molecule has 0 bridgehead atoms. The maximum atomic E-state index is 5.73. The molecule has 2 aromatic rings. The molecule has 3 N–H and O–H groups in total. The number of anilines is 1. The fourth-order valence-corrected chi connectivity index (χ4v) is 2.59. The lowest BCUT2D eigenvalue weighted by Crippen LogP contribution is -2.05. The number of benzene rings is 1. The Balaban J connectivity index is 2.10. The van der Waals surface area contributed by atoms with Crippen LogP contribution in [0.5, 0.6) is 0 Å². The second-order valence-corrected chi connectivity index (χ2v) is 5.61. The molecule has 1 aromatic heterocycles.